The third kappa shape index (κ3) is 4.05. The van der Waals surface area contributed by atoms with Crippen LogP contribution < -0.4 is 11.1 Å². The molecule has 1 unspecified atom stereocenters. The molecule has 4 nitrogen and oxygen atoms in total. The van der Waals surface area contributed by atoms with Crippen molar-refractivity contribution in [3.05, 3.63) is 29.8 Å². The van der Waals surface area contributed by atoms with Crippen molar-refractivity contribution in [2.24, 2.45) is 11.7 Å². The summed E-state index contributed by atoms with van der Waals surface area (Å²) in [5.41, 5.74) is 7.50. The third-order valence-corrected chi connectivity index (χ3v) is 4.06. The highest BCUT2D eigenvalue weighted by Gasteiger charge is 2.20. The molecule has 0 aromatic heterocycles. The van der Waals surface area contributed by atoms with E-state index in [2.05, 4.69) is 17.1 Å². The number of benzene rings is 1. The van der Waals surface area contributed by atoms with Gasteiger partial charge < -0.3 is 11.1 Å². The lowest BCUT2D eigenvalue weighted by atomic mass is 9.96. The fourth-order valence-corrected chi connectivity index (χ4v) is 2.84. The molecule has 1 aliphatic heterocycles. The lowest BCUT2D eigenvalue weighted by molar-refractivity contribution is -0.117. The van der Waals surface area contributed by atoms with Gasteiger partial charge in [-0.05, 0) is 36.9 Å². The summed E-state index contributed by atoms with van der Waals surface area (Å²) in [6, 6.07) is 7.71. The van der Waals surface area contributed by atoms with E-state index in [1.54, 1.807) is 0 Å². The Labute approximate surface area is 121 Å². The molecule has 1 heterocycles. The monoisotopic (exact) mass is 275 g/mol. The van der Waals surface area contributed by atoms with Gasteiger partial charge >= 0.3 is 0 Å². The summed E-state index contributed by atoms with van der Waals surface area (Å²) in [7, 11) is 0. The Morgan fingerprint density at radius 1 is 1.45 bits per heavy atom. The van der Waals surface area contributed by atoms with Gasteiger partial charge in [0.2, 0.25) is 5.91 Å². The number of piperidine rings is 1. The molecule has 0 aliphatic carbocycles. The molecule has 4 heteroatoms. The molecule has 0 spiro atoms. The standard InChI is InChI=1S/C16H25N3O/c1-2-13-6-5-9-19(11-13)12-16(20)18-15-8-4-3-7-14(15)10-17/h3-4,7-8,13H,2,5-6,9-12,17H2,1H3,(H,18,20). The van der Waals surface area contributed by atoms with Gasteiger partial charge in [-0.25, -0.2) is 0 Å². The van der Waals surface area contributed by atoms with Gasteiger partial charge in [-0.2, -0.15) is 0 Å². The minimum absolute atomic E-state index is 0.0580. The fourth-order valence-electron chi connectivity index (χ4n) is 2.84. The normalized spacial score (nSPS) is 19.8. The second kappa shape index (κ2) is 7.41. The van der Waals surface area contributed by atoms with Crippen molar-refractivity contribution in [2.75, 3.05) is 25.0 Å². The quantitative estimate of drug-likeness (QED) is 0.866. The molecule has 0 radical (unpaired) electrons. The number of hydrogen-bond acceptors (Lipinski definition) is 3. The molecule has 0 saturated carbocycles. The number of nitrogens with zero attached hydrogens (tertiary/aromatic N) is 1. The first-order valence-corrected chi connectivity index (χ1v) is 7.53. The smallest absolute Gasteiger partial charge is 0.238 e. The van der Waals surface area contributed by atoms with E-state index in [1.165, 1.54) is 19.3 Å². The van der Waals surface area contributed by atoms with Crippen LogP contribution in [0.25, 0.3) is 0 Å². The SMILES string of the molecule is CCC1CCCN(CC(=O)Nc2ccccc2CN)C1. The zero-order valence-electron chi connectivity index (χ0n) is 12.3. The van der Waals surface area contributed by atoms with Gasteiger partial charge in [-0.3, -0.25) is 9.69 Å². The Balaban J connectivity index is 1.89. The van der Waals surface area contributed by atoms with Crippen LogP contribution in [-0.2, 0) is 11.3 Å². The van der Waals surface area contributed by atoms with Crippen LogP contribution in [-0.4, -0.2) is 30.4 Å². The summed E-state index contributed by atoms with van der Waals surface area (Å²) >= 11 is 0. The van der Waals surface area contributed by atoms with Crippen LogP contribution in [0.4, 0.5) is 5.69 Å². The van der Waals surface area contributed by atoms with Gasteiger partial charge in [-0.1, -0.05) is 31.5 Å². The number of hydrogen-bond donors (Lipinski definition) is 2. The zero-order chi connectivity index (χ0) is 14.4. The summed E-state index contributed by atoms with van der Waals surface area (Å²) < 4.78 is 0. The average molecular weight is 275 g/mol. The highest BCUT2D eigenvalue weighted by Crippen LogP contribution is 2.19. The van der Waals surface area contributed by atoms with Crippen molar-refractivity contribution in [3.63, 3.8) is 0 Å². The fraction of sp³-hybridized carbons (Fsp3) is 0.562. The molecule has 1 aromatic carbocycles. The highest BCUT2D eigenvalue weighted by molar-refractivity contribution is 5.93. The number of carbonyl (C=O) groups excluding carboxylic acids is 1. The molecule has 1 saturated heterocycles. The van der Waals surface area contributed by atoms with E-state index in [1.807, 2.05) is 24.3 Å². The topological polar surface area (TPSA) is 58.4 Å². The number of likely N-dealkylation sites (tertiary alicyclic amines) is 1. The maximum Gasteiger partial charge on any atom is 0.238 e. The number of nitrogens with two attached hydrogens (primary N) is 1. The number of nitrogens with one attached hydrogen (secondary N) is 1. The van der Waals surface area contributed by atoms with Crippen LogP contribution in [0.2, 0.25) is 0 Å². The van der Waals surface area contributed by atoms with Gasteiger partial charge in [0.25, 0.3) is 0 Å². The zero-order valence-corrected chi connectivity index (χ0v) is 12.3. The number of para-hydroxylation sites is 1. The molecule has 1 atom stereocenters. The Kier molecular flexibility index (Phi) is 5.56. The van der Waals surface area contributed by atoms with E-state index < -0.39 is 0 Å². The highest BCUT2D eigenvalue weighted by atomic mass is 16.2. The minimum Gasteiger partial charge on any atom is -0.326 e. The van der Waals surface area contributed by atoms with Gasteiger partial charge in [0, 0.05) is 18.8 Å². The van der Waals surface area contributed by atoms with Crippen molar-refractivity contribution >= 4 is 11.6 Å². The maximum absolute atomic E-state index is 12.2. The number of amides is 1. The van der Waals surface area contributed by atoms with Crippen molar-refractivity contribution in [2.45, 2.75) is 32.7 Å². The number of rotatable bonds is 5. The molecule has 1 amide bonds. The third-order valence-electron chi connectivity index (χ3n) is 4.06. The van der Waals surface area contributed by atoms with E-state index in [0.29, 0.717) is 13.1 Å². The molecular weight excluding hydrogens is 250 g/mol. The summed E-state index contributed by atoms with van der Waals surface area (Å²) in [5, 5.41) is 2.98. The molecule has 20 heavy (non-hydrogen) atoms. The van der Waals surface area contributed by atoms with E-state index in [-0.39, 0.29) is 5.91 Å². The first-order valence-electron chi connectivity index (χ1n) is 7.53. The molecule has 1 aromatic rings. The number of anilines is 1. The first-order chi connectivity index (χ1) is 9.72. The second-order valence-corrected chi connectivity index (χ2v) is 5.56. The first kappa shape index (κ1) is 15.0. The van der Waals surface area contributed by atoms with Crippen molar-refractivity contribution in [3.8, 4) is 0 Å². The Morgan fingerprint density at radius 3 is 3.00 bits per heavy atom. The molecule has 1 aliphatic rings. The second-order valence-electron chi connectivity index (χ2n) is 5.56. The summed E-state index contributed by atoms with van der Waals surface area (Å²) in [6.07, 6.45) is 3.70. The summed E-state index contributed by atoms with van der Waals surface area (Å²) in [4.78, 5) is 14.4. The van der Waals surface area contributed by atoms with Gasteiger partial charge in [-0.15, -0.1) is 0 Å². The van der Waals surface area contributed by atoms with Crippen molar-refractivity contribution in [1.29, 1.82) is 0 Å². The van der Waals surface area contributed by atoms with Crippen LogP contribution in [0, 0.1) is 5.92 Å². The number of carbonyl (C=O) groups is 1. The maximum atomic E-state index is 12.2. The summed E-state index contributed by atoms with van der Waals surface area (Å²) in [6.45, 7) is 5.23. The predicted molar refractivity (Wildman–Crippen MR) is 82.4 cm³/mol. The van der Waals surface area contributed by atoms with Crippen LogP contribution in [0.15, 0.2) is 24.3 Å². The predicted octanol–water partition coefficient (Wildman–Crippen LogP) is 2.21. The molecule has 0 bridgehead atoms. The van der Waals surface area contributed by atoms with Gasteiger partial charge in [0.05, 0.1) is 6.54 Å². The van der Waals surface area contributed by atoms with Gasteiger partial charge in [0.15, 0.2) is 0 Å². The Hall–Kier alpha value is -1.39. The van der Waals surface area contributed by atoms with E-state index in [4.69, 9.17) is 5.73 Å². The Bertz CT molecular complexity index is 447. The largest absolute Gasteiger partial charge is 0.326 e. The molecule has 110 valence electrons. The average Bonchev–Trinajstić information content (AvgIpc) is 2.48. The van der Waals surface area contributed by atoms with Crippen LogP contribution in [0.3, 0.4) is 0 Å². The molecule has 2 rings (SSSR count). The lowest BCUT2D eigenvalue weighted by Gasteiger charge is -2.31. The lowest BCUT2D eigenvalue weighted by Crippen LogP contribution is -2.40. The minimum atomic E-state index is 0.0580. The van der Waals surface area contributed by atoms with Gasteiger partial charge in [0.1, 0.15) is 0 Å². The molecule has 3 N–H and O–H groups in total. The van der Waals surface area contributed by atoms with Crippen molar-refractivity contribution in [1.82, 2.24) is 4.90 Å². The van der Waals surface area contributed by atoms with E-state index in [9.17, 15) is 4.79 Å². The molecule has 1 fully saturated rings. The Morgan fingerprint density at radius 2 is 2.25 bits per heavy atom. The van der Waals surface area contributed by atoms with Crippen LogP contribution >= 0.6 is 0 Å². The van der Waals surface area contributed by atoms with E-state index in [0.717, 1.165) is 30.3 Å². The summed E-state index contributed by atoms with van der Waals surface area (Å²) in [5.74, 6) is 0.801. The van der Waals surface area contributed by atoms with E-state index >= 15 is 0 Å². The van der Waals surface area contributed by atoms with Crippen LogP contribution in [0.1, 0.15) is 31.7 Å². The van der Waals surface area contributed by atoms with Crippen LogP contribution in [0.5, 0.6) is 0 Å². The van der Waals surface area contributed by atoms with Crippen molar-refractivity contribution < 1.29 is 4.79 Å². The molecular formula is C16H25N3O.